The number of oxime groups is 1. The Morgan fingerprint density at radius 3 is 3.07 bits per heavy atom. The molecule has 5 heteroatoms. The molecule has 1 heterocycles. The monoisotopic (exact) mass is 201 g/mol. The van der Waals surface area contributed by atoms with Crippen molar-refractivity contribution in [1.82, 2.24) is 4.90 Å². The number of hydrogen-bond donors (Lipinski definition) is 2. The predicted octanol–water partition coefficient (Wildman–Crippen LogP) is 0.0896. The smallest absolute Gasteiger partial charge is 0.156 e. The molecule has 1 fully saturated rings. The molecule has 1 saturated heterocycles. The van der Waals surface area contributed by atoms with Gasteiger partial charge in [-0.15, -0.1) is 0 Å². The minimum Gasteiger partial charge on any atom is -0.409 e. The molecule has 0 aromatic heterocycles. The van der Waals surface area contributed by atoms with E-state index in [2.05, 4.69) is 10.1 Å². The molecule has 0 saturated carbocycles. The molecule has 0 bridgehead atoms. The van der Waals surface area contributed by atoms with Crippen molar-refractivity contribution in [2.24, 2.45) is 16.8 Å². The van der Waals surface area contributed by atoms with E-state index in [1.807, 2.05) is 6.92 Å². The van der Waals surface area contributed by atoms with Crippen LogP contribution in [0.2, 0.25) is 0 Å². The molecule has 0 aliphatic carbocycles. The van der Waals surface area contributed by atoms with Crippen molar-refractivity contribution < 1.29 is 9.94 Å². The fraction of sp³-hybridized carbons (Fsp3) is 0.889. The summed E-state index contributed by atoms with van der Waals surface area (Å²) in [5, 5.41) is 11.6. The van der Waals surface area contributed by atoms with Gasteiger partial charge in [0.25, 0.3) is 0 Å². The lowest BCUT2D eigenvalue weighted by Crippen LogP contribution is -2.41. The van der Waals surface area contributed by atoms with E-state index in [1.54, 1.807) is 7.11 Å². The van der Waals surface area contributed by atoms with E-state index < -0.39 is 0 Å². The summed E-state index contributed by atoms with van der Waals surface area (Å²) in [6.45, 7) is 4.69. The fourth-order valence-corrected chi connectivity index (χ4v) is 1.86. The zero-order valence-electron chi connectivity index (χ0n) is 8.81. The van der Waals surface area contributed by atoms with Gasteiger partial charge in [0.1, 0.15) is 0 Å². The molecular weight excluding hydrogens is 182 g/mol. The maximum absolute atomic E-state index is 8.55. The third kappa shape index (κ3) is 2.59. The third-order valence-electron chi connectivity index (χ3n) is 2.81. The fourth-order valence-electron chi connectivity index (χ4n) is 1.86. The molecule has 2 unspecified atom stereocenters. The average Bonchev–Trinajstić information content (AvgIpc) is 2.64. The van der Waals surface area contributed by atoms with E-state index in [0.717, 1.165) is 26.1 Å². The lowest BCUT2D eigenvalue weighted by atomic mass is 10.1. The molecule has 5 nitrogen and oxygen atoms in total. The Balaban J connectivity index is 2.41. The molecular formula is C9H19N3O2. The number of hydrogen-bond acceptors (Lipinski definition) is 4. The first kappa shape index (κ1) is 11.3. The van der Waals surface area contributed by atoms with Crippen LogP contribution >= 0.6 is 0 Å². The van der Waals surface area contributed by atoms with Gasteiger partial charge in [-0.05, 0) is 25.8 Å². The highest BCUT2D eigenvalue weighted by molar-refractivity contribution is 5.84. The minimum atomic E-state index is 0.0156. The van der Waals surface area contributed by atoms with Crippen LogP contribution in [0.4, 0.5) is 0 Å². The zero-order chi connectivity index (χ0) is 10.6. The maximum Gasteiger partial charge on any atom is 0.156 e. The molecule has 2 atom stereocenters. The Morgan fingerprint density at radius 1 is 1.79 bits per heavy atom. The minimum absolute atomic E-state index is 0.0156. The Bertz CT molecular complexity index is 208. The number of amidine groups is 1. The molecule has 1 rings (SSSR count). The lowest BCUT2D eigenvalue weighted by Gasteiger charge is -2.22. The second-order valence-corrected chi connectivity index (χ2v) is 3.81. The molecule has 0 amide bonds. The summed E-state index contributed by atoms with van der Waals surface area (Å²) < 4.78 is 5.10. The second kappa shape index (κ2) is 5.17. The van der Waals surface area contributed by atoms with Crippen molar-refractivity contribution in [2.45, 2.75) is 19.4 Å². The first-order valence-electron chi connectivity index (χ1n) is 4.89. The summed E-state index contributed by atoms with van der Waals surface area (Å²) in [6, 6.07) is 0.0156. The molecule has 1 aliphatic rings. The van der Waals surface area contributed by atoms with Crippen LogP contribution in [0, 0.1) is 5.92 Å². The number of ether oxygens (including phenoxy) is 1. The van der Waals surface area contributed by atoms with Crippen molar-refractivity contribution in [3.8, 4) is 0 Å². The molecule has 0 spiro atoms. The Morgan fingerprint density at radius 2 is 2.50 bits per heavy atom. The van der Waals surface area contributed by atoms with Gasteiger partial charge in [-0.25, -0.2) is 0 Å². The highest BCUT2D eigenvalue weighted by Gasteiger charge is 2.27. The normalized spacial score (nSPS) is 26.7. The number of nitrogens with zero attached hydrogens (tertiary/aromatic N) is 2. The quantitative estimate of drug-likeness (QED) is 0.293. The Labute approximate surface area is 84.5 Å². The summed E-state index contributed by atoms with van der Waals surface area (Å²) in [7, 11) is 1.72. The topological polar surface area (TPSA) is 71.1 Å². The van der Waals surface area contributed by atoms with E-state index in [-0.39, 0.29) is 11.9 Å². The first-order chi connectivity index (χ1) is 6.69. The molecule has 0 radical (unpaired) electrons. The van der Waals surface area contributed by atoms with Crippen LogP contribution in [0.1, 0.15) is 13.3 Å². The summed E-state index contributed by atoms with van der Waals surface area (Å²) in [6.07, 6.45) is 1.12. The number of nitrogens with two attached hydrogens (primary N) is 1. The lowest BCUT2D eigenvalue weighted by molar-refractivity contribution is 0.151. The predicted molar refractivity (Wildman–Crippen MR) is 54.4 cm³/mol. The van der Waals surface area contributed by atoms with Gasteiger partial charge in [0.15, 0.2) is 5.84 Å². The maximum atomic E-state index is 8.55. The molecule has 3 N–H and O–H groups in total. The van der Waals surface area contributed by atoms with Gasteiger partial charge in [-0.3, -0.25) is 4.90 Å². The molecule has 1 aliphatic heterocycles. The standard InChI is InChI=1S/C9H19N3O2/c1-7(9(10)11-13)12-4-3-8(5-12)6-14-2/h7-8,13H,3-6H2,1-2H3,(H2,10,11). The van der Waals surface area contributed by atoms with E-state index in [1.165, 1.54) is 0 Å². The van der Waals surface area contributed by atoms with Gasteiger partial charge in [-0.1, -0.05) is 5.16 Å². The Kier molecular flexibility index (Phi) is 4.16. The second-order valence-electron chi connectivity index (χ2n) is 3.81. The van der Waals surface area contributed by atoms with Crippen molar-refractivity contribution >= 4 is 5.84 Å². The van der Waals surface area contributed by atoms with E-state index >= 15 is 0 Å². The summed E-state index contributed by atoms with van der Waals surface area (Å²) in [5.41, 5.74) is 5.54. The van der Waals surface area contributed by atoms with Crippen molar-refractivity contribution in [2.75, 3.05) is 26.8 Å². The van der Waals surface area contributed by atoms with Crippen LogP contribution in [0.3, 0.4) is 0 Å². The van der Waals surface area contributed by atoms with Crippen LogP contribution in [-0.4, -0.2) is 48.8 Å². The van der Waals surface area contributed by atoms with Gasteiger partial charge < -0.3 is 15.7 Å². The van der Waals surface area contributed by atoms with Crippen molar-refractivity contribution in [3.63, 3.8) is 0 Å². The number of likely N-dealkylation sites (tertiary alicyclic amines) is 1. The van der Waals surface area contributed by atoms with Crippen molar-refractivity contribution in [3.05, 3.63) is 0 Å². The first-order valence-corrected chi connectivity index (χ1v) is 4.89. The van der Waals surface area contributed by atoms with Crippen LogP contribution < -0.4 is 5.73 Å². The van der Waals surface area contributed by atoms with Gasteiger partial charge in [0.2, 0.25) is 0 Å². The summed E-state index contributed by atoms with van der Waals surface area (Å²) >= 11 is 0. The summed E-state index contributed by atoms with van der Waals surface area (Å²) in [5.74, 6) is 0.858. The van der Waals surface area contributed by atoms with E-state index in [4.69, 9.17) is 15.7 Å². The largest absolute Gasteiger partial charge is 0.409 e. The zero-order valence-corrected chi connectivity index (χ0v) is 8.81. The third-order valence-corrected chi connectivity index (χ3v) is 2.81. The van der Waals surface area contributed by atoms with Crippen LogP contribution in [0.25, 0.3) is 0 Å². The Hall–Kier alpha value is -0.810. The highest BCUT2D eigenvalue weighted by Crippen LogP contribution is 2.18. The average molecular weight is 201 g/mol. The van der Waals surface area contributed by atoms with Gasteiger partial charge >= 0.3 is 0 Å². The molecule has 82 valence electrons. The SMILES string of the molecule is COCC1CCN(C(C)C(N)=NO)C1. The van der Waals surface area contributed by atoms with Crippen molar-refractivity contribution in [1.29, 1.82) is 0 Å². The van der Waals surface area contributed by atoms with Gasteiger partial charge in [-0.2, -0.15) is 0 Å². The highest BCUT2D eigenvalue weighted by atomic mass is 16.5. The van der Waals surface area contributed by atoms with E-state index in [9.17, 15) is 0 Å². The molecule has 0 aromatic rings. The number of methoxy groups -OCH3 is 1. The van der Waals surface area contributed by atoms with Crippen LogP contribution in [0.5, 0.6) is 0 Å². The van der Waals surface area contributed by atoms with Crippen LogP contribution in [0.15, 0.2) is 5.16 Å². The van der Waals surface area contributed by atoms with Gasteiger partial charge in [0.05, 0.1) is 12.6 Å². The number of rotatable bonds is 4. The molecule has 0 aromatic carbocycles. The van der Waals surface area contributed by atoms with E-state index in [0.29, 0.717) is 5.92 Å². The van der Waals surface area contributed by atoms with Gasteiger partial charge in [0, 0.05) is 13.7 Å². The summed E-state index contributed by atoms with van der Waals surface area (Å²) in [4.78, 5) is 2.21. The van der Waals surface area contributed by atoms with Crippen LogP contribution in [-0.2, 0) is 4.74 Å². The molecule has 14 heavy (non-hydrogen) atoms.